The number of nitrogens with one attached hydrogen (secondary N) is 1. The molecule has 0 spiro atoms. The number of ether oxygens (including phenoxy) is 2. The molecule has 31 heavy (non-hydrogen) atoms. The Kier molecular flexibility index (Phi) is 7.01. The summed E-state index contributed by atoms with van der Waals surface area (Å²) in [5.74, 6) is 1.67. The highest BCUT2D eigenvalue weighted by Gasteiger charge is 2.33. The number of nitrogens with two attached hydrogens (primary N) is 2. The van der Waals surface area contributed by atoms with Gasteiger partial charge in [-0.2, -0.15) is 4.99 Å². The van der Waals surface area contributed by atoms with Crippen molar-refractivity contribution >= 4 is 45.1 Å². The van der Waals surface area contributed by atoms with Crippen LogP contribution in [0.5, 0.6) is 11.5 Å². The molecule has 5 N–H and O–H groups in total. The van der Waals surface area contributed by atoms with Gasteiger partial charge in [0.1, 0.15) is 30.4 Å². The number of alkyl halides is 1. The van der Waals surface area contributed by atoms with Gasteiger partial charge in [-0.15, -0.1) is 0 Å². The van der Waals surface area contributed by atoms with E-state index in [2.05, 4.69) is 31.2 Å². The number of amides is 1. The molecule has 10 heteroatoms. The second-order valence-electron chi connectivity index (χ2n) is 7.17. The quantitative estimate of drug-likeness (QED) is 0.387. The first-order chi connectivity index (χ1) is 14.8. The summed E-state index contributed by atoms with van der Waals surface area (Å²) in [7, 11) is 0. The van der Waals surface area contributed by atoms with Crippen LogP contribution < -0.4 is 31.2 Å². The maximum Gasteiger partial charge on any atom is 0.235 e. The van der Waals surface area contributed by atoms with Crippen LogP contribution in [0.4, 0.5) is 11.4 Å². The first-order valence-corrected chi connectivity index (χ1v) is 10.7. The zero-order valence-electron chi connectivity index (χ0n) is 17.3. The Labute approximate surface area is 189 Å². The molecular formula is C21H25BrN6O3. The Bertz CT molecular complexity index is 991. The first-order valence-electron chi connectivity index (χ1n) is 9.60. The van der Waals surface area contributed by atoms with Crippen molar-refractivity contribution in [2.45, 2.75) is 19.5 Å². The van der Waals surface area contributed by atoms with E-state index in [9.17, 15) is 4.79 Å². The Morgan fingerprint density at radius 2 is 1.77 bits per heavy atom. The highest BCUT2D eigenvalue weighted by Crippen LogP contribution is 2.29. The van der Waals surface area contributed by atoms with Crippen LogP contribution in [0.25, 0.3) is 0 Å². The molecule has 9 nitrogen and oxygen atoms in total. The molecule has 2 aromatic carbocycles. The fourth-order valence-corrected chi connectivity index (χ4v) is 3.25. The van der Waals surface area contributed by atoms with E-state index in [-0.39, 0.29) is 23.2 Å². The summed E-state index contributed by atoms with van der Waals surface area (Å²) in [4.78, 5) is 21.6. The van der Waals surface area contributed by atoms with E-state index in [1.165, 1.54) is 0 Å². The lowest BCUT2D eigenvalue weighted by Gasteiger charge is -2.38. The van der Waals surface area contributed by atoms with Crippen LogP contribution in [0.2, 0.25) is 0 Å². The number of benzene rings is 2. The highest BCUT2D eigenvalue weighted by atomic mass is 79.9. The monoisotopic (exact) mass is 488 g/mol. The summed E-state index contributed by atoms with van der Waals surface area (Å²) in [5, 5.41) is 3.00. The predicted octanol–water partition coefficient (Wildman–Crippen LogP) is 2.66. The smallest absolute Gasteiger partial charge is 0.235 e. The largest absolute Gasteiger partial charge is 0.490 e. The normalized spacial score (nSPS) is 15.0. The Morgan fingerprint density at radius 3 is 2.42 bits per heavy atom. The van der Waals surface area contributed by atoms with E-state index in [4.69, 9.17) is 20.9 Å². The number of nitrogens with zero attached hydrogens (tertiary/aromatic N) is 3. The zero-order valence-corrected chi connectivity index (χ0v) is 18.9. The molecule has 1 aliphatic heterocycles. The molecule has 0 saturated heterocycles. The van der Waals surface area contributed by atoms with Gasteiger partial charge >= 0.3 is 0 Å². The minimum absolute atomic E-state index is 0.111. The van der Waals surface area contributed by atoms with E-state index >= 15 is 0 Å². The average molecular weight is 489 g/mol. The maximum absolute atomic E-state index is 11.4. The van der Waals surface area contributed by atoms with Crippen molar-refractivity contribution in [2.75, 3.05) is 28.8 Å². The predicted molar refractivity (Wildman–Crippen MR) is 126 cm³/mol. The van der Waals surface area contributed by atoms with Gasteiger partial charge in [-0.1, -0.05) is 22.0 Å². The SMILES string of the molecule is CC1(C)N=C(N)N=C(N)N1c1cccc(OCCOc2ccc(NC(=O)CBr)cc2)c1. The van der Waals surface area contributed by atoms with Gasteiger partial charge in [-0.25, -0.2) is 4.99 Å². The van der Waals surface area contributed by atoms with Crippen molar-refractivity contribution in [1.29, 1.82) is 0 Å². The molecule has 0 saturated carbocycles. The molecule has 164 valence electrons. The zero-order chi connectivity index (χ0) is 22.4. The topological polar surface area (TPSA) is 128 Å². The number of guanidine groups is 2. The van der Waals surface area contributed by atoms with Crippen LogP contribution in [0.15, 0.2) is 58.5 Å². The van der Waals surface area contributed by atoms with Gasteiger partial charge in [-0.3, -0.25) is 9.69 Å². The fourth-order valence-electron chi connectivity index (χ4n) is 3.11. The summed E-state index contributed by atoms with van der Waals surface area (Å²) < 4.78 is 11.5. The van der Waals surface area contributed by atoms with Crippen molar-refractivity contribution in [3.8, 4) is 11.5 Å². The molecule has 0 unspecified atom stereocenters. The van der Waals surface area contributed by atoms with Crippen molar-refractivity contribution in [2.24, 2.45) is 21.5 Å². The number of anilines is 2. The van der Waals surface area contributed by atoms with Crippen LogP contribution in [0.1, 0.15) is 13.8 Å². The van der Waals surface area contributed by atoms with Gasteiger partial charge < -0.3 is 26.3 Å². The van der Waals surface area contributed by atoms with Gasteiger partial charge in [0, 0.05) is 17.4 Å². The molecule has 0 aromatic heterocycles. The molecule has 0 bridgehead atoms. The van der Waals surface area contributed by atoms with Gasteiger partial charge in [-0.05, 0) is 50.2 Å². The molecule has 1 amide bonds. The lowest BCUT2D eigenvalue weighted by molar-refractivity contribution is -0.113. The number of carbonyl (C=O) groups is 1. The number of halogens is 1. The second-order valence-corrected chi connectivity index (χ2v) is 7.73. The van der Waals surface area contributed by atoms with Crippen LogP contribution in [0, 0.1) is 0 Å². The van der Waals surface area contributed by atoms with Crippen LogP contribution >= 0.6 is 15.9 Å². The van der Waals surface area contributed by atoms with Gasteiger partial charge in [0.05, 0.1) is 5.33 Å². The molecule has 1 heterocycles. The molecule has 0 atom stereocenters. The third-order valence-electron chi connectivity index (χ3n) is 4.35. The van der Waals surface area contributed by atoms with Crippen LogP contribution in [0.3, 0.4) is 0 Å². The van der Waals surface area contributed by atoms with E-state index in [0.717, 1.165) is 5.69 Å². The lowest BCUT2D eigenvalue weighted by Crippen LogP contribution is -2.54. The van der Waals surface area contributed by atoms with Crippen molar-refractivity contribution in [3.05, 3.63) is 48.5 Å². The molecule has 0 radical (unpaired) electrons. The Hall–Kier alpha value is -3.27. The van der Waals surface area contributed by atoms with E-state index < -0.39 is 5.66 Å². The summed E-state index contributed by atoms with van der Waals surface area (Å²) in [6.45, 7) is 4.51. The van der Waals surface area contributed by atoms with Gasteiger partial charge in [0.2, 0.25) is 17.8 Å². The second kappa shape index (κ2) is 9.69. The summed E-state index contributed by atoms with van der Waals surface area (Å²) >= 11 is 3.11. The number of aliphatic imine (C=N–C) groups is 2. The average Bonchev–Trinajstić information content (AvgIpc) is 2.71. The van der Waals surface area contributed by atoms with Crippen LogP contribution in [-0.4, -0.2) is 42.0 Å². The van der Waals surface area contributed by atoms with E-state index in [1.54, 1.807) is 29.2 Å². The van der Waals surface area contributed by atoms with E-state index in [0.29, 0.717) is 30.4 Å². The lowest BCUT2D eigenvalue weighted by atomic mass is 10.1. The molecule has 0 aliphatic carbocycles. The van der Waals surface area contributed by atoms with Crippen molar-refractivity contribution in [3.63, 3.8) is 0 Å². The van der Waals surface area contributed by atoms with Gasteiger partial charge in [0.15, 0.2) is 0 Å². The molecule has 1 aliphatic rings. The third-order valence-corrected chi connectivity index (χ3v) is 4.86. The van der Waals surface area contributed by atoms with Crippen molar-refractivity contribution < 1.29 is 14.3 Å². The minimum Gasteiger partial charge on any atom is -0.490 e. The van der Waals surface area contributed by atoms with Gasteiger partial charge in [0.25, 0.3) is 0 Å². The molecule has 0 fully saturated rings. The molecular weight excluding hydrogens is 464 g/mol. The third kappa shape index (κ3) is 5.88. The van der Waals surface area contributed by atoms with E-state index in [1.807, 2.05) is 38.1 Å². The highest BCUT2D eigenvalue weighted by molar-refractivity contribution is 9.09. The molecule has 3 rings (SSSR count). The van der Waals surface area contributed by atoms with Crippen LogP contribution in [-0.2, 0) is 4.79 Å². The Balaban J connectivity index is 1.54. The Morgan fingerprint density at radius 1 is 1.10 bits per heavy atom. The number of hydrogen-bond donors (Lipinski definition) is 3. The number of hydrogen-bond acceptors (Lipinski definition) is 8. The fraction of sp³-hybridized carbons (Fsp3) is 0.286. The first kappa shape index (κ1) is 22.4. The standard InChI is InChI=1S/C21H25BrN6O3/c1-21(2)27-19(23)26-20(24)28(21)15-4-3-5-17(12-15)31-11-10-30-16-8-6-14(7-9-16)25-18(29)13-22/h3-9,12H,10-11,13H2,1-2H3,(H,25,29)(H4,23,24,26,27). The molecule has 2 aromatic rings. The summed E-state index contributed by atoms with van der Waals surface area (Å²) in [5.41, 5.74) is 12.7. The van der Waals surface area contributed by atoms with Crippen molar-refractivity contribution in [1.82, 2.24) is 0 Å². The maximum atomic E-state index is 11.4. The number of carbonyl (C=O) groups excluding carboxylic acids is 1. The number of rotatable bonds is 8. The summed E-state index contributed by atoms with van der Waals surface area (Å²) in [6.07, 6.45) is 0. The summed E-state index contributed by atoms with van der Waals surface area (Å²) in [6, 6.07) is 14.6. The minimum atomic E-state index is -0.669.